The molecule has 4 aromatic heterocycles. The molecule has 0 aromatic carbocycles. The number of aromatic amines is 2. The van der Waals surface area contributed by atoms with Crippen molar-refractivity contribution < 1.29 is 0 Å². The van der Waals surface area contributed by atoms with Crippen LogP contribution in [0.25, 0.3) is 33.6 Å². The molecule has 0 bridgehead atoms. The van der Waals surface area contributed by atoms with Gasteiger partial charge in [0.25, 0.3) is 0 Å². The number of aromatic nitrogens is 6. The van der Waals surface area contributed by atoms with E-state index in [1.54, 1.807) is 18.5 Å². The van der Waals surface area contributed by atoms with E-state index in [-0.39, 0.29) is 0 Å². The third kappa shape index (κ3) is 4.11. The number of fused-ring (bicyclic) bond motifs is 1. The summed E-state index contributed by atoms with van der Waals surface area (Å²) in [5.41, 5.74) is 6.84. The summed E-state index contributed by atoms with van der Waals surface area (Å²) in [5, 5.41) is 8.47. The van der Waals surface area contributed by atoms with Gasteiger partial charge < -0.3 is 4.98 Å². The van der Waals surface area contributed by atoms with E-state index in [9.17, 15) is 0 Å². The Morgan fingerprint density at radius 2 is 2.06 bits per heavy atom. The van der Waals surface area contributed by atoms with Crippen molar-refractivity contribution in [2.75, 3.05) is 0 Å². The zero-order valence-electron chi connectivity index (χ0n) is 18.1. The molecule has 0 aliphatic rings. The van der Waals surface area contributed by atoms with Crippen molar-refractivity contribution in [1.29, 1.82) is 0 Å². The van der Waals surface area contributed by atoms with E-state index in [1.807, 2.05) is 68.6 Å². The second-order valence-electron chi connectivity index (χ2n) is 7.21. The van der Waals surface area contributed by atoms with Gasteiger partial charge >= 0.3 is 0 Å². The van der Waals surface area contributed by atoms with Gasteiger partial charge in [0.15, 0.2) is 5.82 Å². The lowest BCUT2D eigenvalue weighted by Gasteiger charge is -2.04. The van der Waals surface area contributed by atoms with E-state index in [1.165, 1.54) is 0 Å². The Morgan fingerprint density at radius 3 is 2.81 bits per heavy atom. The zero-order valence-corrected chi connectivity index (χ0v) is 18.1. The van der Waals surface area contributed by atoms with Gasteiger partial charge in [0.05, 0.1) is 23.1 Å². The van der Waals surface area contributed by atoms with E-state index in [0.717, 1.165) is 50.4 Å². The number of H-pyrrole nitrogens is 2. The minimum Gasteiger partial charge on any atom is -0.340 e. The second kappa shape index (κ2) is 9.22. The number of nitrogens with one attached hydrogen (secondary N) is 2. The van der Waals surface area contributed by atoms with Crippen LogP contribution in [0.15, 0.2) is 86.4 Å². The second-order valence-corrected chi connectivity index (χ2v) is 7.21. The quantitative estimate of drug-likeness (QED) is 0.369. The van der Waals surface area contributed by atoms with Gasteiger partial charge in [-0.1, -0.05) is 55.7 Å². The van der Waals surface area contributed by atoms with Crippen molar-refractivity contribution in [3.8, 4) is 11.5 Å². The predicted octanol–water partition coefficient (Wildman–Crippen LogP) is 5.81. The summed E-state index contributed by atoms with van der Waals surface area (Å²) in [6, 6.07) is 5.89. The van der Waals surface area contributed by atoms with Crippen LogP contribution in [-0.2, 0) is 0 Å². The van der Waals surface area contributed by atoms with Crippen LogP contribution >= 0.6 is 0 Å². The molecule has 0 unspecified atom stereocenters. The Labute approximate surface area is 186 Å². The average molecular weight is 421 g/mol. The molecule has 0 atom stereocenters. The average Bonchev–Trinajstić information content (AvgIpc) is 3.41. The molecule has 158 valence electrons. The summed E-state index contributed by atoms with van der Waals surface area (Å²) in [5.74, 6) is 0.676. The summed E-state index contributed by atoms with van der Waals surface area (Å²) >= 11 is 0. The van der Waals surface area contributed by atoms with Crippen LogP contribution < -0.4 is 0 Å². The van der Waals surface area contributed by atoms with Gasteiger partial charge in [-0.2, -0.15) is 5.10 Å². The highest BCUT2D eigenvalue weighted by Crippen LogP contribution is 2.30. The number of hydrogen-bond acceptors (Lipinski definition) is 4. The highest BCUT2D eigenvalue weighted by Gasteiger charge is 2.18. The number of rotatable bonds is 7. The molecule has 0 radical (unpaired) electrons. The van der Waals surface area contributed by atoms with Crippen LogP contribution in [0.4, 0.5) is 0 Å². The molecule has 0 fully saturated rings. The van der Waals surface area contributed by atoms with Gasteiger partial charge in [0.2, 0.25) is 0 Å². The van der Waals surface area contributed by atoms with E-state index in [2.05, 4.69) is 38.3 Å². The number of pyridine rings is 2. The lowest BCUT2D eigenvalue weighted by atomic mass is 10.0. The molecule has 4 heterocycles. The first kappa shape index (κ1) is 20.9. The molecular weight excluding hydrogens is 396 g/mol. The first-order valence-corrected chi connectivity index (χ1v) is 10.3. The van der Waals surface area contributed by atoms with E-state index < -0.39 is 0 Å². The Balaban J connectivity index is 1.77. The van der Waals surface area contributed by atoms with Gasteiger partial charge in [-0.3, -0.25) is 15.1 Å². The topological polar surface area (TPSA) is 83.1 Å². The number of nitrogens with zero attached hydrogens (tertiary/aromatic N) is 4. The van der Waals surface area contributed by atoms with Crippen molar-refractivity contribution in [2.24, 2.45) is 0 Å². The molecule has 32 heavy (non-hydrogen) atoms. The van der Waals surface area contributed by atoms with Gasteiger partial charge in [-0.15, -0.1) is 0 Å². The fourth-order valence-corrected chi connectivity index (χ4v) is 3.43. The van der Waals surface area contributed by atoms with Gasteiger partial charge in [0, 0.05) is 34.6 Å². The molecular formula is C26H24N6. The van der Waals surface area contributed by atoms with Crippen LogP contribution in [0.3, 0.4) is 0 Å². The Morgan fingerprint density at radius 1 is 1.19 bits per heavy atom. The molecule has 0 aliphatic carbocycles. The summed E-state index contributed by atoms with van der Waals surface area (Å²) in [4.78, 5) is 17.0. The minimum atomic E-state index is 0.676. The molecule has 6 nitrogen and oxygen atoms in total. The van der Waals surface area contributed by atoms with Gasteiger partial charge in [-0.05, 0) is 31.6 Å². The molecule has 0 spiro atoms. The third-order valence-electron chi connectivity index (χ3n) is 5.00. The van der Waals surface area contributed by atoms with Crippen LogP contribution in [0.1, 0.15) is 29.6 Å². The van der Waals surface area contributed by atoms with Crippen molar-refractivity contribution in [3.05, 3.63) is 109 Å². The maximum Gasteiger partial charge on any atom is 0.159 e. The highest BCUT2D eigenvalue weighted by atomic mass is 15.1. The van der Waals surface area contributed by atoms with E-state index >= 15 is 0 Å². The van der Waals surface area contributed by atoms with Crippen LogP contribution in [0.5, 0.6) is 0 Å². The zero-order chi connectivity index (χ0) is 22.5. The third-order valence-corrected chi connectivity index (χ3v) is 5.00. The normalized spacial score (nSPS) is 12.2. The van der Waals surface area contributed by atoms with Crippen LogP contribution in [0, 0.1) is 6.92 Å². The van der Waals surface area contributed by atoms with E-state index in [4.69, 9.17) is 4.98 Å². The fourth-order valence-electron chi connectivity index (χ4n) is 3.43. The highest BCUT2D eigenvalue weighted by molar-refractivity contribution is 5.93. The van der Waals surface area contributed by atoms with Crippen molar-refractivity contribution in [2.45, 2.75) is 13.8 Å². The van der Waals surface area contributed by atoms with Gasteiger partial charge in [-0.25, -0.2) is 4.98 Å². The molecule has 0 saturated carbocycles. The molecule has 6 heteroatoms. The molecule has 2 N–H and O–H groups in total. The number of imidazole rings is 1. The maximum atomic E-state index is 4.89. The monoisotopic (exact) mass is 420 g/mol. The van der Waals surface area contributed by atoms with Gasteiger partial charge in [0.1, 0.15) is 5.69 Å². The molecule has 0 saturated heterocycles. The van der Waals surface area contributed by atoms with Crippen LogP contribution in [0.2, 0.25) is 0 Å². The molecule has 0 aliphatic heterocycles. The minimum absolute atomic E-state index is 0.676. The summed E-state index contributed by atoms with van der Waals surface area (Å²) in [7, 11) is 0. The van der Waals surface area contributed by atoms with Crippen molar-refractivity contribution in [3.63, 3.8) is 0 Å². The number of hydrogen-bond donors (Lipinski definition) is 2. The Bertz CT molecular complexity index is 1370. The molecule has 4 rings (SSSR count). The SMILES string of the molecule is C=C/C=C(/c1cccnc1)c1nc(-c2n[nH]c3cnc(C(=C)/C=C\C=C/C)cc23)[nH]c1C. The smallest absolute Gasteiger partial charge is 0.159 e. The summed E-state index contributed by atoms with van der Waals surface area (Å²) < 4.78 is 0. The maximum absolute atomic E-state index is 4.89. The summed E-state index contributed by atoms with van der Waals surface area (Å²) in [6.07, 6.45) is 16.8. The Kier molecular flexibility index (Phi) is 6.03. The number of allylic oxidation sites excluding steroid dienone is 7. The predicted molar refractivity (Wildman–Crippen MR) is 131 cm³/mol. The van der Waals surface area contributed by atoms with Crippen LogP contribution in [-0.4, -0.2) is 30.1 Å². The lowest BCUT2D eigenvalue weighted by molar-refractivity contribution is 1.10. The molecule has 4 aromatic rings. The lowest BCUT2D eigenvalue weighted by Crippen LogP contribution is -1.92. The molecule has 0 amide bonds. The number of aryl methyl sites for hydroxylation is 1. The standard InChI is InChI=1S/C26H24N6/c1-5-7-8-11-17(3)22-14-21-23(16-28-22)31-32-25(21)26-29-18(4)24(30-26)20(10-6-2)19-12-9-13-27-15-19/h5-16H,2-3H2,1,4H3,(H,29,30)(H,31,32)/b7-5-,11-8-,20-10-. The summed E-state index contributed by atoms with van der Waals surface area (Å²) in [6.45, 7) is 11.9. The van der Waals surface area contributed by atoms with Crippen molar-refractivity contribution >= 4 is 22.0 Å². The largest absolute Gasteiger partial charge is 0.340 e. The first-order valence-electron chi connectivity index (χ1n) is 10.3. The van der Waals surface area contributed by atoms with E-state index in [0.29, 0.717) is 5.82 Å². The Hall–Kier alpha value is -4.32. The first-order chi connectivity index (χ1) is 15.6. The van der Waals surface area contributed by atoms with Crippen molar-refractivity contribution in [1.82, 2.24) is 30.1 Å². The fraction of sp³-hybridized carbons (Fsp3) is 0.0769.